The van der Waals surface area contributed by atoms with Crippen LogP contribution in [-0.2, 0) is 13.1 Å². The molecule has 0 fully saturated rings. The van der Waals surface area contributed by atoms with Crippen LogP contribution in [0.4, 0.5) is 0 Å². The number of hydrogen-bond acceptors (Lipinski definition) is 5. The zero-order valence-corrected chi connectivity index (χ0v) is 18.8. The van der Waals surface area contributed by atoms with Crippen LogP contribution in [0.15, 0.2) is 66.0 Å². The minimum absolute atomic E-state index is 0.0918. The van der Waals surface area contributed by atoms with Crippen LogP contribution in [0.2, 0.25) is 0 Å². The van der Waals surface area contributed by atoms with E-state index in [9.17, 15) is 4.79 Å². The Hall–Kier alpha value is -3.06. The number of thioether (sulfide) groups is 1. The van der Waals surface area contributed by atoms with Gasteiger partial charge in [-0.1, -0.05) is 48.2 Å². The van der Waals surface area contributed by atoms with Crippen molar-refractivity contribution in [1.82, 2.24) is 19.3 Å². The predicted octanol–water partition coefficient (Wildman–Crippen LogP) is 5.39. The van der Waals surface area contributed by atoms with Crippen molar-refractivity contribution >= 4 is 28.4 Å². The summed E-state index contributed by atoms with van der Waals surface area (Å²) in [5, 5.41) is 10.4. The molecule has 0 bridgehead atoms. The number of hydrogen-bond donors (Lipinski definition) is 0. The molecule has 0 aliphatic carbocycles. The van der Waals surface area contributed by atoms with Crippen molar-refractivity contribution in [3.63, 3.8) is 0 Å². The molecule has 160 valence electrons. The zero-order valence-electron chi connectivity index (χ0n) is 18.0. The van der Waals surface area contributed by atoms with Gasteiger partial charge in [0.1, 0.15) is 5.75 Å². The molecule has 0 N–H and O–H groups in total. The van der Waals surface area contributed by atoms with Gasteiger partial charge in [0.2, 0.25) is 0 Å². The first-order chi connectivity index (χ1) is 15.1. The molecule has 0 spiro atoms. The Morgan fingerprint density at radius 1 is 1.03 bits per heavy atom. The van der Waals surface area contributed by atoms with E-state index in [4.69, 9.17) is 4.74 Å². The molecule has 31 heavy (non-hydrogen) atoms. The largest absolute Gasteiger partial charge is 0.483 e. The van der Waals surface area contributed by atoms with Gasteiger partial charge in [-0.2, -0.15) is 0 Å². The highest BCUT2D eigenvalue weighted by Crippen LogP contribution is 2.27. The lowest BCUT2D eigenvalue weighted by atomic mass is 10.1. The zero-order chi connectivity index (χ0) is 21.8. The molecular weight excluding hydrogens is 408 g/mol. The Labute approximate surface area is 186 Å². The number of ketones is 1. The molecule has 4 rings (SSSR count). The molecule has 0 unspecified atom stereocenters. The number of ether oxygens (including phenoxy) is 1. The summed E-state index contributed by atoms with van der Waals surface area (Å²) in [6.45, 7) is 7.62. The summed E-state index contributed by atoms with van der Waals surface area (Å²) in [6, 6.07) is 17.7. The van der Waals surface area contributed by atoms with Crippen LogP contribution < -0.4 is 4.74 Å². The molecule has 0 saturated carbocycles. The van der Waals surface area contributed by atoms with E-state index in [1.807, 2.05) is 73.1 Å². The molecule has 0 amide bonds. The first kappa shape index (κ1) is 21.2. The van der Waals surface area contributed by atoms with Gasteiger partial charge in [0.25, 0.3) is 0 Å². The van der Waals surface area contributed by atoms with Crippen molar-refractivity contribution in [3.8, 4) is 5.75 Å². The summed E-state index contributed by atoms with van der Waals surface area (Å²) in [6.07, 6.45) is 1.71. The van der Waals surface area contributed by atoms with Gasteiger partial charge in [-0.25, -0.2) is 0 Å². The number of carbonyl (C=O) groups excluding carboxylic acids is 1. The average Bonchev–Trinajstić information content (AvgIpc) is 3.39. The molecule has 0 saturated heterocycles. The van der Waals surface area contributed by atoms with Gasteiger partial charge >= 0.3 is 0 Å². The van der Waals surface area contributed by atoms with Crippen LogP contribution in [0.1, 0.15) is 43.1 Å². The summed E-state index contributed by atoms with van der Waals surface area (Å²) < 4.78 is 10.1. The Balaban J connectivity index is 1.50. The molecule has 7 heteroatoms. The highest BCUT2D eigenvalue weighted by Gasteiger charge is 2.21. The van der Waals surface area contributed by atoms with Crippen LogP contribution in [-0.4, -0.2) is 30.9 Å². The fourth-order valence-corrected chi connectivity index (χ4v) is 4.59. The number of nitrogens with zero attached hydrogens (tertiary/aromatic N) is 4. The van der Waals surface area contributed by atoms with Crippen LogP contribution >= 0.6 is 11.8 Å². The van der Waals surface area contributed by atoms with E-state index in [1.54, 1.807) is 0 Å². The number of para-hydroxylation sites is 2. The Morgan fingerprint density at radius 3 is 2.52 bits per heavy atom. The summed E-state index contributed by atoms with van der Waals surface area (Å²) in [5.74, 6) is 1.94. The molecule has 2 heterocycles. The highest BCUT2D eigenvalue weighted by atomic mass is 32.2. The lowest BCUT2D eigenvalue weighted by molar-refractivity contribution is 0.102. The minimum atomic E-state index is -0.248. The second-order valence-electron chi connectivity index (χ2n) is 7.22. The minimum Gasteiger partial charge on any atom is -0.483 e. The predicted molar refractivity (Wildman–Crippen MR) is 124 cm³/mol. The van der Waals surface area contributed by atoms with Crippen LogP contribution in [0.25, 0.3) is 10.9 Å². The first-order valence-electron chi connectivity index (χ1n) is 10.5. The maximum Gasteiger partial charge on any atom is 0.191 e. The fourth-order valence-electron chi connectivity index (χ4n) is 3.70. The van der Waals surface area contributed by atoms with E-state index in [0.29, 0.717) is 12.3 Å². The normalized spacial score (nSPS) is 12.2. The monoisotopic (exact) mass is 434 g/mol. The average molecular weight is 435 g/mol. The number of carbonyl (C=O) groups is 1. The van der Waals surface area contributed by atoms with Gasteiger partial charge in [0.05, 0.1) is 5.75 Å². The maximum absolute atomic E-state index is 13.0. The number of fused-ring (bicyclic) bond motifs is 1. The molecular formula is C24H26N4O2S. The molecule has 2 aromatic heterocycles. The Bertz CT molecular complexity index is 1180. The van der Waals surface area contributed by atoms with Crippen molar-refractivity contribution < 1.29 is 9.53 Å². The molecule has 0 aliphatic heterocycles. The topological polar surface area (TPSA) is 61.9 Å². The van der Waals surface area contributed by atoms with Gasteiger partial charge in [0, 0.05) is 35.8 Å². The summed E-state index contributed by atoms with van der Waals surface area (Å²) in [4.78, 5) is 13.0. The molecule has 0 aliphatic rings. The van der Waals surface area contributed by atoms with Gasteiger partial charge in [-0.05, 0) is 39.0 Å². The molecule has 6 nitrogen and oxygen atoms in total. The van der Waals surface area contributed by atoms with Crippen molar-refractivity contribution in [2.24, 2.45) is 0 Å². The third-order valence-electron chi connectivity index (χ3n) is 5.24. The van der Waals surface area contributed by atoms with Crippen LogP contribution in [0.5, 0.6) is 5.75 Å². The fraction of sp³-hybridized carbons (Fsp3) is 0.292. The van der Waals surface area contributed by atoms with E-state index >= 15 is 0 Å². The molecule has 1 atom stereocenters. The standard InChI is InChI=1S/C24H26N4O2S/c1-4-27-15-20(19-13-9-10-14-21(19)27)22(29)16-31-24-26-25-23(28(24)5-2)17(3)30-18-11-7-6-8-12-18/h6-15,17H,4-5,16H2,1-3H3/t17-/m0/s1. The summed E-state index contributed by atoms with van der Waals surface area (Å²) in [7, 11) is 0. The molecule has 0 radical (unpaired) electrons. The third kappa shape index (κ3) is 4.37. The first-order valence-corrected chi connectivity index (χ1v) is 11.5. The lowest BCUT2D eigenvalue weighted by Crippen LogP contribution is -2.12. The van der Waals surface area contributed by atoms with Crippen molar-refractivity contribution in [1.29, 1.82) is 0 Å². The van der Waals surface area contributed by atoms with Crippen LogP contribution in [0, 0.1) is 0 Å². The molecule has 4 aromatic rings. The van der Waals surface area contributed by atoms with Gasteiger partial charge < -0.3 is 13.9 Å². The number of benzene rings is 2. The Morgan fingerprint density at radius 2 is 1.77 bits per heavy atom. The number of aryl methyl sites for hydroxylation is 1. The number of rotatable bonds is 9. The molecule has 2 aromatic carbocycles. The second-order valence-corrected chi connectivity index (χ2v) is 8.16. The van der Waals surface area contributed by atoms with Crippen molar-refractivity contribution in [2.75, 3.05) is 5.75 Å². The number of Topliss-reactive ketones (excluding diaryl/α,β-unsaturated/α-hetero) is 1. The van der Waals surface area contributed by atoms with Gasteiger partial charge in [-0.15, -0.1) is 10.2 Å². The van der Waals surface area contributed by atoms with E-state index in [-0.39, 0.29) is 11.9 Å². The van der Waals surface area contributed by atoms with Crippen molar-refractivity contribution in [3.05, 3.63) is 72.2 Å². The highest BCUT2D eigenvalue weighted by molar-refractivity contribution is 7.99. The maximum atomic E-state index is 13.0. The smallest absolute Gasteiger partial charge is 0.191 e. The van der Waals surface area contributed by atoms with Crippen molar-refractivity contribution in [2.45, 2.75) is 45.1 Å². The summed E-state index contributed by atoms with van der Waals surface area (Å²) in [5.41, 5.74) is 1.85. The van der Waals surface area contributed by atoms with Gasteiger partial charge in [-0.3, -0.25) is 4.79 Å². The number of aromatic nitrogens is 4. The van der Waals surface area contributed by atoms with E-state index in [0.717, 1.165) is 39.7 Å². The van der Waals surface area contributed by atoms with Gasteiger partial charge in [0.15, 0.2) is 22.9 Å². The van der Waals surface area contributed by atoms with E-state index in [2.05, 4.69) is 27.8 Å². The lowest BCUT2D eigenvalue weighted by Gasteiger charge is -2.15. The van der Waals surface area contributed by atoms with Crippen LogP contribution in [0.3, 0.4) is 0 Å². The third-order valence-corrected chi connectivity index (χ3v) is 6.21. The van der Waals surface area contributed by atoms with E-state index < -0.39 is 0 Å². The van der Waals surface area contributed by atoms with E-state index in [1.165, 1.54) is 11.8 Å². The second kappa shape index (κ2) is 9.39. The quantitative estimate of drug-likeness (QED) is 0.261. The Kier molecular flexibility index (Phi) is 6.42. The SMILES string of the molecule is CCn1c(SCC(=O)c2cn(CC)c3ccccc23)nnc1[C@H](C)Oc1ccccc1. The summed E-state index contributed by atoms with van der Waals surface area (Å²) >= 11 is 1.42.